The van der Waals surface area contributed by atoms with Crippen molar-refractivity contribution in [3.63, 3.8) is 0 Å². The Hall–Kier alpha value is -4.01. The molecular weight excluding hydrogens is 460 g/mol. The summed E-state index contributed by atoms with van der Waals surface area (Å²) in [5, 5.41) is 8.56. The van der Waals surface area contributed by atoms with Crippen LogP contribution >= 0.6 is 0 Å². The molecule has 0 bridgehead atoms. The number of sulfonamides is 1. The van der Waals surface area contributed by atoms with Gasteiger partial charge in [-0.1, -0.05) is 78.4 Å². The molecule has 1 heterocycles. The van der Waals surface area contributed by atoms with E-state index in [-0.39, 0.29) is 13.1 Å². The van der Waals surface area contributed by atoms with E-state index in [1.165, 1.54) is 6.08 Å². The molecule has 178 valence electrons. The summed E-state index contributed by atoms with van der Waals surface area (Å²) in [6.45, 7) is 1.80. The fourth-order valence-corrected chi connectivity index (χ4v) is 4.17. The molecule has 0 saturated carbocycles. The van der Waals surface area contributed by atoms with Crippen molar-refractivity contribution in [2.24, 2.45) is 0 Å². The van der Waals surface area contributed by atoms with Crippen molar-refractivity contribution >= 4 is 22.0 Å². The molecule has 8 heteroatoms. The molecule has 0 unspecified atom stereocenters. The third-order valence-corrected chi connectivity index (χ3v) is 6.33. The largest absolute Gasteiger partial charge is 0.351 e. The topological polar surface area (TPSA) is 93.1 Å². The highest BCUT2D eigenvalue weighted by Crippen LogP contribution is 2.23. The first-order chi connectivity index (χ1) is 16.9. The minimum Gasteiger partial charge on any atom is -0.351 e. The number of para-hydroxylation sites is 1. The van der Waals surface area contributed by atoms with E-state index < -0.39 is 15.9 Å². The van der Waals surface area contributed by atoms with Crippen LogP contribution in [0.3, 0.4) is 0 Å². The molecule has 2 N–H and O–H groups in total. The Morgan fingerprint density at radius 3 is 2.29 bits per heavy atom. The van der Waals surface area contributed by atoms with Gasteiger partial charge in [-0.25, -0.2) is 17.8 Å². The summed E-state index contributed by atoms with van der Waals surface area (Å²) in [6, 6.07) is 26.8. The molecule has 1 aromatic heterocycles. The quantitative estimate of drug-likeness (QED) is 0.373. The maximum Gasteiger partial charge on any atom is 0.235 e. The summed E-state index contributed by atoms with van der Waals surface area (Å²) in [6.07, 6.45) is 3.36. The number of nitrogens with one attached hydrogen (secondary N) is 2. The van der Waals surface area contributed by atoms with Crippen molar-refractivity contribution in [3.05, 3.63) is 113 Å². The normalized spacial score (nSPS) is 11.6. The third kappa shape index (κ3) is 6.75. The number of nitrogens with zero attached hydrogens (tertiary/aromatic N) is 2. The first-order valence-electron chi connectivity index (χ1n) is 11.1. The summed E-state index contributed by atoms with van der Waals surface area (Å²) < 4.78 is 28.6. The van der Waals surface area contributed by atoms with Gasteiger partial charge in [0.2, 0.25) is 15.9 Å². The summed E-state index contributed by atoms with van der Waals surface area (Å²) >= 11 is 0. The van der Waals surface area contributed by atoms with Gasteiger partial charge in [-0.2, -0.15) is 5.10 Å². The molecule has 0 saturated heterocycles. The van der Waals surface area contributed by atoms with Crippen molar-refractivity contribution in [2.75, 3.05) is 6.54 Å². The predicted molar refractivity (Wildman–Crippen MR) is 138 cm³/mol. The number of amides is 1. The van der Waals surface area contributed by atoms with Crippen LogP contribution in [0.2, 0.25) is 0 Å². The second-order valence-electron chi connectivity index (χ2n) is 8.01. The first kappa shape index (κ1) is 24.1. The van der Waals surface area contributed by atoms with E-state index in [9.17, 15) is 13.2 Å². The highest BCUT2D eigenvalue weighted by molar-refractivity contribution is 7.92. The standard InChI is InChI=1S/C27H26N4O3S/c1-21-12-14-22(15-13-21)16-17-35(33,34)29-19-26(32)28-18-24-20-31(25-10-6-3-7-11-25)30-27(24)23-8-4-2-5-9-23/h2-17,20,29H,18-19H2,1H3,(H,28,32)/b17-16+. The van der Waals surface area contributed by atoms with Crippen LogP contribution in [0.5, 0.6) is 0 Å². The van der Waals surface area contributed by atoms with Crippen LogP contribution in [-0.4, -0.2) is 30.7 Å². The smallest absolute Gasteiger partial charge is 0.235 e. The van der Waals surface area contributed by atoms with Crippen LogP contribution < -0.4 is 10.0 Å². The molecule has 0 aliphatic heterocycles. The molecule has 4 rings (SSSR count). The Morgan fingerprint density at radius 1 is 0.943 bits per heavy atom. The predicted octanol–water partition coefficient (Wildman–Crippen LogP) is 4.05. The highest BCUT2D eigenvalue weighted by atomic mass is 32.2. The van der Waals surface area contributed by atoms with Gasteiger partial charge < -0.3 is 5.32 Å². The van der Waals surface area contributed by atoms with Gasteiger partial charge in [0, 0.05) is 29.3 Å². The minimum absolute atomic E-state index is 0.205. The van der Waals surface area contributed by atoms with Gasteiger partial charge in [-0.05, 0) is 30.7 Å². The van der Waals surface area contributed by atoms with Crippen molar-refractivity contribution in [1.29, 1.82) is 0 Å². The van der Waals surface area contributed by atoms with E-state index in [0.717, 1.165) is 39.0 Å². The van der Waals surface area contributed by atoms with Gasteiger partial charge in [-0.15, -0.1) is 0 Å². The first-order valence-corrected chi connectivity index (χ1v) is 12.6. The second kappa shape index (κ2) is 10.9. The van der Waals surface area contributed by atoms with E-state index in [1.807, 2.05) is 98.0 Å². The van der Waals surface area contributed by atoms with Gasteiger partial charge in [-0.3, -0.25) is 4.79 Å². The second-order valence-corrected chi connectivity index (χ2v) is 9.66. The molecule has 1 amide bonds. The average Bonchev–Trinajstić information content (AvgIpc) is 3.31. The van der Waals surface area contributed by atoms with Crippen LogP contribution in [0.1, 0.15) is 16.7 Å². The summed E-state index contributed by atoms with van der Waals surface area (Å²) in [4.78, 5) is 12.4. The zero-order valence-corrected chi connectivity index (χ0v) is 20.1. The average molecular weight is 487 g/mol. The summed E-state index contributed by atoms with van der Waals surface area (Å²) in [5.74, 6) is -0.441. The third-order valence-electron chi connectivity index (χ3n) is 5.28. The Bertz CT molecular complexity index is 1410. The van der Waals surface area contributed by atoms with Crippen LogP contribution in [0, 0.1) is 6.92 Å². The van der Waals surface area contributed by atoms with Crippen LogP contribution in [-0.2, 0) is 21.4 Å². The highest BCUT2D eigenvalue weighted by Gasteiger charge is 2.14. The number of aromatic nitrogens is 2. The number of carbonyl (C=O) groups excluding carboxylic acids is 1. The molecule has 0 radical (unpaired) electrons. The molecule has 4 aromatic rings. The molecule has 35 heavy (non-hydrogen) atoms. The Balaban J connectivity index is 1.41. The van der Waals surface area contributed by atoms with Gasteiger partial charge in [0.25, 0.3) is 0 Å². The number of hydrogen-bond donors (Lipinski definition) is 2. The lowest BCUT2D eigenvalue weighted by Crippen LogP contribution is -2.35. The number of hydrogen-bond acceptors (Lipinski definition) is 4. The van der Waals surface area contributed by atoms with Crippen molar-refractivity contribution in [2.45, 2.75) is 13.5 Å². The summed E-state index contributed by atoms with van der Waals surface area (Å²) in [5.41, 5.74) is 5.23. The van der Waals surface area contributed by atoms with Crippen molar-refractivity contribution in [1.82, 2.24) is 19.8 Å². The zero-order chi connectivity index (χ0) is 24.7. The van der Waals surface area contributed by atoms with Crippen LogP contribution in [0.25, 0.3) is 23.0 Å². The maximum atomic E-state index is 12.4. The van der Waals surface area contributed by atoms with E-state index in [1.54, 1.807) is 4.68 Å². The van der Waals surface area contributed by atoms with E-state index in [2.05, 4.69) is 10.0 Å². The fourth-order valence-electron chi connectivity index (χ4n) is 3.41. The maximum absolute atomic E-state index is 12.4. The van der Waals surface area contributed by atoms with E-state index in [0.29, 0.717) is 0 Å². The lowest BCUT2D eigenvalue weighted by Gasteiger charge is -2.06. The van der Waals surface area contributed by atoms with E-state index in [4.69, 9.17) is 5.10 Å². The van der Waals surface area contributed by atoms with E-state index >= 15 is 0 Å². The molecule has 0 atom stereocenters. The molecule has 0 aliphatic carbocycles. The fraction of sp³-hybridized carbons (Fsp3) is 0.111. The molecule has 7 nitrogen and oxygen atoms in total. The van der Waals surface area contributed by atoms with Gasteiger partial charge in [0.05, 0.1) is 17.9 Å². The van der Waals surface area contributed by atoms with Crippen molar-refractivity contribution in [3.8, 4) is 16.9 Å². The molecule has 0 fully saturated rings. The molecular formula is C27H26N4O3S. The number of carbonyl (C=O) groups is 1. The molecule has 3 aromatic carbocycles. The Labute approximate surface area is 205 Å². The van der Waals surface area contributed by atoms with Gasteiger partial charge in [0.15, 0.2) is 0 Å². The Morgan fingerprint density at radius 2 is 1.60 bits per heavy atom. The molecule has 0 aliphatic rings. The minimum atomic E-state index is -3.76. The van der Waals surface area contributed by atoms with Gasteiger partial charge >= 0.3 is 0 Å². The monoisotopic (exact) mass is 486 g/mol. The lowest BCUT2D eigenvalue weighted by molar-refractivity contribution is -0.120. The zero-order valence-electron chi connectivity index (χ0n) is 19.3. The lowest BCUT2D eigenvalue weighted by atomic mass is 10.1. The van der Waals surface area contributed by atoms with Crippen LogP contribution in [0.4, 0.5) is 0 Å². The van der Waals surface area contributed by atoms with Gasteiger partial charge in [0.1, 0.15) is 0 Å². The van der Waals surface area contributed by atoms with Crippen molar-refractivity contribution < 1.29 is 13.2 Å². The number of benzene rings is 3. The summed E-state index contributed by atoms with van der Waals surface area (Å²) in [7, 11) is -3.76. The number of rotatable bonds is 9. The number of aryl methyl sites for hydroxylation is 1. The van der Waals surface area contributed by atoms with Crippen LogP contribution in [0.15, 0.2) is 96.5 Å². The Kier molecular flexibility index (Phi) is 7.54. The molecule has 0 spiro atoms. The SMILES string of the molecule is Cc1ccc(/C=C/S(=O)(=O)NCC(=O)NCc2cn(-c3ccccc3)nc2-c2ccccc2)cc1.